The molecule has 0 bridgehead atoms. The van der Waals surface area contributed by atoms with Gasteiger partial charge in [0.25, 0.3) is 0 Å². The molecule has 1 aromatic rings. The zero-order valence-corrected chi connectivity index (χ0v) is 9.14. The van der Waals surface area contributed by atoms with Crippen LogP contribution < -0.4 is 5.32 Å². The van der Waals surface area contributed by atoms with Gasteiger partial charge in [-0.05, 0) is 26.2 Å². The summed E-state index contributed by atoms with van der Waals surface area (Å²) in [7, 11) is 0. The van der Waals surface area contributed by atoms with Crippen molar-refractivity contribution in [1.29, 1.82) is 0 Å². The monoisotopic (exact) mass is 213 g/mol. The summed E-state index contributed by atoms with van der Waals surface area (Å²) in [5.74, 6) is 0. The standard InChI is InChI=1S/C9H15N3OS/c1-2-10-9-12-11-8(14-9)6-13-7-4-3-5-7/h7H,2-6H2,1H3,(H,10,12). The molecule has 0 amide bonds. The van der Waals surface area contributed by atoms with Crippen LogP contribution in [0.1, 0.15) is 31.2 Å². The summed E-state index contributed by atoms with van der Waals surface area (Å²) in [6.45, 7) is 3.55. The summed E-state index contributed by atoms with van der Waals surface area (Å²) >= 11 is 1.58. The highest BCUT2D eigenvalue weighted by Crippen LogP contribution is 2.24. The van der Waals surface area contributed by atoms with Crippen LogP contribution in [-0.2, 0) is 11.3 Å². The smallest absolute Gasteiger partial charge is 0.205 e. The van der Waals surface area contributed by atoms with Crippen molar-refractivity contribution in [2.45, 2.75) is 38.9 Å². The van der Waals surface area contributed by atoms with E-state index in [0.717, 1.165) is 16.7 Å². The van der Waals surface area contributed by atoms with Crippen LogP contribution in [-0.4, -0.2) is 22.8 Å². The van der Waals surface area contributed by atoms with E-state index in [1.165, 1.54) is 19.3 Å². The van der Waals surface area contributed by atoms with Crippen LogP contribution in [0.3, 0.4) is 0 Å². The second-order valence-corrected chi connectivity index (χ2v) is 4.46. The Bertz CT molecular complexity index is 285. The molecule has 1 N–H and O–H groups in total. The zero-order valence-electron chi connectivity index (χ0n) is 8.32. The molecule has 4 nitrogen and oxygen atoms in total. The number of nitrogens with zero attached hydrogens (tertiary/aromatic N) is 2. The van der Waals surface area contributed by atoms with Crippen LogP contribution in [0.2, 0.25) is 0 Å². The third-order valence-corrected chi connectivity index (χ3v) is 3.14. The molecule has 0 aliphatic heterocycles. The quantitative estimate of drug-likeness (QED) is 0.813. The van der Waals surface area contributed by atoms with E-state index < -0.39 is 0 Å². The summed E-state index contributed by atoms with van der Waals surface area (Å²) in [5.41, 5.74) is 0. The molecule has 0 atom stereocenters. The first-order chi connectivity index (χ1) is 6.88. The average molecular weight is 213 g/mol. The van der Waals surface area contributed by atoms with Crippen LogP contribution >= 0.6 is 11.3 Å². The van der Waals surface area contributed by atoms with Gasteiger partial charge in [-0.15, -0.1) is 10.2 Å². The number of nitrogens with one attached hydrogen (secondary N) is 1. The molecule has 1 aromatic heterocycles. The highest BCUT2D eigenvalue weighted by Gasteiger charge is 2.18. The molecule has 0 saturated heterocycles. The predicted octanol–water partition coefficient (Wildman–Crippen LogP) is 2.04. The van der Waals surface area contributed by atoms with Gasteiger partial charge in [0.15, 0.2) is 0 Å². The molecule has 1 aliphatic carbocycles. The Kier molecular flexibility index (Phi) is 3.31. The van der Waals surface area contributed by atoms with Gasteiger partial charge in [-0.3, -0.25) is 0 Å². The van der Waals surface area contributed by atoms with E-state index in [1.807, 2.05) is 6.92 Å². The molecule has 1 heterocycles. The molecular weight excluding hydrogens is 198 g/mol. The predicted molar refractivity (Wildman–Crippen MR) is 56.5 cm³/mol. The van der Waals surface area contributed by atoms with E-state index >= 15 is 0 Å². The Hall–Kier alpha value is -0.680. The zero-order chi connectivity index (χ0) is 9.80. The molecule has 2 rings (SSSR count). The third kappa shape index (κ3) is 2.42. The third-order valence-electron chi connectivity index (χ3n) is 2.29. The van der Waals surface area contributed by atoms with E-state index in [-0.39, 0.29) is 0 Å². The summed E-state index contributed by atoms with van der Waals surface area (Å²) in [4.78, 5) is 0. The number of hydrogen-bond donors (Lipinski definition) is 1. The largest absolute Gasteiger partial charge is 0.371 e. The maximum absolute atomic E-state index is 5.64. The minimum atomic E-state index is 0.474. The van der Waals surface area contributed by atoms with Gasteiger partial charge in [-0.1, -0.05) is 11.3 Å². The molecule has 1 fully saturated rings. The van der Waals surface area contributed by atoms with Crippen molar-refractivity contribution in [1.82, 2.24) is 10.2 Å². The van der Waals surface area contributed by atoms with E-state index in [0.29, 0.717) is 12.7 Å². The Morgan fingerprint density at radius 3 is 3.00 bits per heavy atom. The lowest BCUT2D eigenvalue weighted by Gasteiger charge is -2.24. The Morgan fingerprint density at radius 1 is 1.50 bits per heavy atom. The Balaban J connectivity index is 1.77. The van der Waals surface area contributed by atoms with Gasteiger partial charge in [0, 0.05) is 6.54 Å². The molecular formula is C9H15N3OS. The van der Waals surface area contributed by atoms with Crippen LogP contribution in [0, 0.1) is 0 Å². The van der Waals surface area contributed by atoms with Gasteiger partial charge in [-0.2, -0.15) is 0 Å². The lowest BCUT2D eigenvalue weighted by molar-refractivity contribution is -0.00892. The van der Waals surface area contributed by atoms with Crippen LogP contribution in [0.25, 0.3) is 0 Å². The van der Waals surface area contributed by atoms with E-state index in [9.17, 15) is 0 Å². The second-order valence-electron chi connectivity index (χ2n) is 3.40. The minimum absolute atomic E-state index is 0.474. The van der Waals surface area contributed by atoms with Gasteiger partial charge in [0.05, 0.1) is 6.10 Å². The summed E-state index contributed by atoms with van der Waals surface area (Å²) in [6.07, 6.45) is 4.20. The number of hydrogen-bond acceptors (Lipinski definition) is 5. The SMILES string of the molecule is CCNc1nnc(COC2CCC2)s1. The first-order valence-corrected chi connectivity index (χ1v) is 5.88. The topological polar surface area (TPSA) is 47.0 Å². The summed E-state index contributed by atoms with van der Waals surface area (Å²) < 4.78 is 5.64. The summed E-state index contributed by atoms with van der Waals surface area (Å²) in [6, 6.07) is 0. The lowest BCUT2D eigenvalue weighted by Crippen LogP contribution is -2.21. The van der Waals surface area contributed by atoms with Gasteiger partial charge >= 0.3 is 0 Å². The molecule has 5 heteroatoms. The van der Waals surface area contributed by atoms with Crippen molar-refractivity contribution in [3.8, 4) is 0 Å². The van der Waals surface area contributed by atoms with Crippen LogP contribution in [0.4, 0.5) is 5.13 Å². The van der Waals surface area contributed by atoms with Crippen molar-refractivity contribution in [2.75, 3.05) is 11.9 Å². The van der Waals surface area contributed by atoms with Crippen molar-refractivity contribution < 1.29 is 4.74 Å². The minimum Gasteiger partial charge on any atom is -0.371 e. The van der Waals surface area contributed by atoms with Crippen molar-refractivity contribution >= 4 is 16.5 Å². The van der Waals surface area contributed by atoms with Gasteiger partial charge in [0.2, 0.25) is 5.13 Å². The fraction of sp³-hybridized carbons (Fsp3) is 0.778. The number of rotatable bonds is 5. The van der Waals surface area contributed by atoms with Crippen LogP contribution in [0.5, 0.6) is 0 Å². The lowest BCUT2D eigenvalue weighted by atomic mass is 9.96. The normalized spacial score (nSPS) is 16.6. The molecule has 0 aromatic carbocycles. The number of ether oxygens (including phenoxy) is 1. The van der Waals surface area contributed by atoms with Crippen LogP contribution in [0.15, 0.2) is 0 Å². The van der Waals surface area contributed by atoms with Gasteiger partial charge < -0.3 is 10.1 Å². The molecule has 0 unspecified atom stereocenters. The molecule has 78 valence electrons. The molecule has 1 aliphatic rings. The average Bonchev–Trinajstić information content (AvgIpc) is 2.51. The van der Waals surface area contributed by atoms with E-state index in [2.05, 4.69) is 15.5 Å². The van der Waals surface area contributed by atoms with Gasteiger partial charge in [0.1, 0.15) is 11.6 Å². The number of aromatic nitrogens is 2. The maximum atomic E-state index is 5.64. The molecule has 0 radical (unpaired) electrons. The fourth-order valence-electron chi connectivity index (χ4n) is 1.26. The molecule has 1 saturated carbocycles. The highest BCUT2D eigenvalue weighted by molar-refractivity contribution is 7.15. The highest BCUT2D eigenvalue weighted by atomic mass is 32.1. The Labute approximate surface area is 87.7 Å². The van der Waals surface area contributed by atoms with E-state index in [1.54, 1.807) is 11.3 Å². The number of anilines is 1. The second kappa shape index (κ2) is 4.70. The molecule has 0 spiro atoms. The van der Waals surface area contributed by atoms with Gasteiger partial charge in [-0.25, -0.2) is 0 Å². The first kappa shape index (κ1) is 9.86. The summed E-state index contributed by atoms with van der Waals surface area (Å²) in [5, 5.41) is 13.0. The van der Waals surface area contributed by atoms with Crippen molar-refractivity contribution in [3.05, 3.63) is 5.01 Å². The van der Waals surface area contributed by atoms with Crippen molar-refractivity contribution in [2.24, 2.45) is 0 Å². The first-order valence-electron chi connectivity index (χ1n) is 5.06. The maximum Gasteiger partial charge on any atom is 0.205 e. The van der Waals surface area contributed by atoms with E-state index in [4.69, 9.17) is 4.74 Å². The fourth-order valence-corrected chi connectivity index (χ4v) is 1.99. The van der Waals surface area contributed by atoms with Crippen molar-refractivity contribution in [3.63, 3.8) is 0 Å². The Morgan fingerprint density at radius 2 is 2.36 bits per heavy atom. The molecule has 14 heavy (non-hydrogen) atoms.